The fraction of sp³-hybridized carbons (Fsp3) is 0.467. The van der Waals surface area contributed by atoms with Crippen LogP contribution in [0.15, 0.2) is 12.4 Å². The molecule has 116 valence electrons. The molecule has 1 amide bonds. The molecule has 0 saturated carbocycles. The first-order chi connectivity index (χ1) is 10.5. The van der Waals surface area contributed by atoms with Crippen LogP contribution < -0.4 is 4.90 Å². The first-order valence-corrected chi connectivity index (χ1v) is 8.08. The number of carbonyl (C=O) groups is 1. The van der Waals surface area contributed by atoms with E-state index in [-0.39, 0.29) is 12.1 Å². The maximum Gasteiger partial charge on any atom is 0.277 e. The second-order valence-electron chi connectivity index (χ2n) is 5.46. The molecular formula is C15H19N5OS. The lowest BCUT2D eigenvalue weighted by Crippen LogP contribution is -2.53. The summed E-state index contributed by atoms with van der Waals surface area (Å²) in [4.78, 5) is 30.7. The first kappa shape index (κ1) is 14.9. The largest absolute Gasteiger partial charge is 0.337 e. The molecule has 2 aromatic rings. The zero-order valence-corrected chi connectivity index (χ0v) is 14.0. The Labute approximate surface area is 133 Å². The molecule has 0 aliphatic carbocycles. The van der Waals surface area contributed by atoms with Gasteiger partial charge in [-0.2, -0.15) is 0 Å². The molecule has 0 fully saturated rings. The summed E-state index contributed by atoms with van der Waals surface area (Å²) >= 11 is 1.70. The summed E-state index contributed by atoms with van der Waals surface area (Å²) in [5, 5.41) is 1.07. The number of aryl methyl sites for hydroxylation is 2. The summed E-state index contributed by atoms with van der Waals surface area (Å²) in [6.45, 7) is 6.70. The molecule has 6 nitrogen and oxygen atoms in total. The fourth-order valence-corrected chi connectivity index (χ4v) is 3.67. The number of hydrogen-bond donors (Lipinski definition) is 0. The zero-order chi connectivity index (χ0) is 15.9. The van der Waals surface area contributed by atoms with Crippen molar-refractivity contribution in [1.82, 2.24) is 19.9 Å². The van der Waals surface area contributed by atoms with Gasteiger partial charge in [0.2, 0.25) is 0 Å². The van der Waals surface area contributed by atoms with Gasteiger partial charge < -0.3 is 9.80 Å². The number of anilines is 1. The SMILES string of the molecule is Cc1nc(C)c(CCN2C(=O)c3nccnc3N(C)C2C)s1. The minimum atomic E-state index is -0.0485. The third-order valence-electron chi connectivity index (χ3n) is 4.07. The van der Waals surface area contributed by atoms with Crippen molar-refractivity contribution in [2.75, 3.05) is 18.5 Å². The number of rotatable bonds is 3. The fourth-order valence-electron chi connectivity index (χ4n) is 2.75. The highest BCUT2D eigenvalue weighted by molar-refractivity contribution is 7.11. The topological polar surface area (TPSA) is 62.2 Å². The van der Waals surface area contributed by atoms with E-state index in [1.807, 2.05) is 37.6 Å². The Kier molecular flexibility index (Phi) is 3.82. The van der Waals surface area contributed by atoms with Crippen LogP contribution in [0.4, 0.5) is 5.82 Å². The van der Waals surface area contributed by atoms with Crippen LogP contribution in [-0.2, 0) is 6.42 Å². The van der Waals surface area contributed by atoms with Gasteiger partial charge in [0.1, 0.15) is 6.17 Å². The molecule has 3 heterocycles. The molecule has 1 atom stereocenters. The minimum absolute atomic E-state index is 0.0361. The van der Waals surface area contributed by atoms with Crippen LogP contribution >= 0.6 is 11.3 Å². The highest BCUT2D eigenvalue weighted by atomic mass is 32.1. The summed E-state index contributed by atoms with van der Waals surface area (Å²) in [5.74, 6) is 0.605. The van der Waals surface area contributed by atoms with Gasteiger partial charge in [0, 0.05) is 37.3 Å². The van der Waals surface area contributed by atoms with E-state index in [9.17, 15) is 4.79 Å². The molecule has 1 aliphatic rings. The lowest BCUT2D eigenvalue weighted by Gasteiger charge is -2.40. The molecule has 1 unspecified atom stereocenters. The van der Waals surface area contributed by atoms with Crippen LogP contribution in [-0.4, -0.2) is 45.5 Å². The summed E-state index contributed by atoms with van der Waals surface area (Å²) < 4.78 is 0. The minimum Gasteiger partial charge on any atom is -0.337 e. The molecule has 0 spiro atoms. The predicted octanol–water partition coefficient (Wildman–Crippen LogP) is 2.03. The highest BCUT2D eigenvalue weighted by Crippen LogP contribution is 2.26. The van der Waals surface area contributed by atoms with Crippen LogP contribution in [0.2, 0.25) is 0 Å². The number of amides is 1. The molecule has 0 N–H and O–H groups in total. The number of hydrogen-bond acceptors (Lipinski definition) is 6. The molecular weight excluding hydrogens is 298 g/mol. The van der Waals surface area contributed by atoms with Crippen LogP contribution in [0.1, 0.15) is 33.0 Å². The Balaban J connectivity index is 1.82. The highest BCUT2D eigenvalue weighted by Gasteiger charge is 2.34. The van der Waals surface area contributed by atoms with E-state index in [4.69, 9.17) is 0 Å². The van der Waals surface area contributed by atoms with E-state index < -0.39 is 0 Å². The first-order valence-electron chi connectivity index (χ1n) is 7.26. The Morgan fingerprint density at radius 3 is 2.68 bits per heavy atom. The van der Waals surface area contributed by atoms with Gasteiger partial charge in [-0.05, 0) is 20.8 Å². The molecule has 7 heteroatoms. The summed E-state index contributed by atoms with van der Waals surface area (Å²) in [7, 11) is 1.94. The van der Waals surface area contributed by atoms with Crippen molar-refractivity contribution < 1.29 is 4.79 Å². The van der Waals surface area contributed by atoms with Crippen molar-refractivity contribution in [1.29, 1.82) is 0 Å². The Morgan fingerprint density at radius 1 is 1.27 bits per heavy atom. The maximum absolute atomic E-state index is 12.7. The van der Waals surface area contributed by atoms with Gasteiger partial charge in [0.15, 0.2) is 11.5 Å². The van der Waals surface area contributed by atoms with Crippen molar-refractivity contribution in [2.24, 2.45) is 0 Å². The average Bonchev–Trinajstić information content (AvgIpc) is 2.83. The zero-order valence-electron chi connectivity index (χ0n) is 13.2. The second-order valence-corrected chi connectivity index (χ2v) is 6.75. The molecule has 0 saturated heterocycles. The lowest BCUT2D eigenvalue weighted by molar-refractivity contribution is 0.0666. The summed E-state index contributed by atoms with van der Waals surface area (Å²) in [5.41, 5.74) is 1.49. The van der Waals surface area contributed by atoms with Crippen LogP contribution in [0.5, 0.6) is 0 Å². The normalized spacial score (nSPS) is 17.8. The average molecular weight is 317 g/mol. The second kappa shape index (κ2) is 5.64. The van der Waals surface area contributed by atoms with Crippen molar-refractivity contribution in [2.45, 2.75) is 33.4 Å². The molecule has 1 aliphatic heterocycles. The summed E-state index contributed by atoms with van der Waals surface area (Å²) in [6, 6.07) is 0. The van der Waals surface area contributed by atoms with E-state index in [0.717, 1.165) is 17.1 Å². The van der Waals surface area contributed by atoms with E-state index in [1.165, 1.54) is 4.88 Å². The van der Waals surface area contributed by atoms with Crippen molar-refractivity contribution in [3.63, 3.8) is 0 Å². The van der Waals surface area contributed by atoms with Crippen molar-refractivity contribution in [3.8, 4) is 0 Å². The van der Waals surface area contributed by atoms with Gasteiger partial charge in [-0.15, -0.1) is 11.3 Å². The molecule has 0 aromatic carbocycles. The monoisotopic (exact) mass is 317 g/mol. The lowest BCUT2D eigenvalue weighted by atomic mass is 10.2. The van der Waals surface area contributed by atoms with E-state index in [1.54, 1.807) is 23.7 Å². The molecule has 3 rings (SSSR count). The quantitative estimate of drug-likeness (QED) is 0.867. The predicted molar refractivity (Wildman–Crippen MR) is 86.2 cm³/mol. The Hall–Kier alpha value is -2.02. The van der Waals surface area contributed by atoms with E-state index in [0.29, 0.717) is 18.1 Å². The van der Waals surface area contributed by atoms with Gasteiger partial charge in [0.25, 0.3) is 5.91 Å². The van der Waals surface area contributed by atoms with Crippen molar-refractivity contribution in [3.05, 3.63) is 33.7 Å². The van der Waals surface area contributed by atoms with Crippen LogP contribution in [0.3, 0.4) is 0 Å². The van der Waals surface area contributed by atoms with Gasteiger partial charge in [-0.25, -0.2) is 15.0 Å². The van der Waals surface area contributed by atoms with Gasteiger partial charge >= 0.3 is 0 Å². The maximum atomic E-state index is 12.7. The molecule has 2 aromatic heterocycles. The number of aromatic nitrogens is 3. The summed E-state index contributed by atoms with van der Waals surface area (Å²) in [6.07, 6.45) is 3.96. The molecule has 0 radical (unpaired) electrons. The number of thiazole rings is 1. The van der Waals surface area contributed by atoms with Gasteiger partial charge in [0.05, 0.1) is 10.7 Å². The number of carbonyl (C=O) groups excluding carboxylic acids is 1. The van der Waals surface area contributed by atoms with Gasteiger partial charge in [-0.3, -0.25) is 4.79 Å². The molecule has 0 bridgehead atoms. The van der Waals surface area contributed by atoms with Crippen molar-refractivity contribution >= 4 is 23.1 Å². The molecule has 22 heavy (non-hydrogen) atoms. The smallest absolute Gasteiger partial charge is 0.277 e. The standard InChI is InChI=1S/C15H19N5OS/c1-9-12(22-10(2)18-9)5-8-20-11(3)19(4)14-13(15(20)21)16-6-7-17-14/h6-7,11H,5,8H2,1-4H3. The Bertz CT molecular complexity index is 714. The van der Waals surface area contributed by atoms with E-state index in [2.05, 4.69) is 15.0 Å². The third kappa shape index (κ3) is 2.45. The van der Waals surface area contributed by atoms with Crippen LogP contribution in [0.25, 0.3) is 0 Å². The number of nitrogens with zero attached hydrogens (tertiary/aromatic N) is 5. The van der Waals surface area contributed by atoms with E-state index >= 15 is 0 Å². The Morgan fingerprint density at radius 2 is 2.00 bits per heavy atom. The third-order valence-corrected chi connectivity index (χ3v) is 5.20. The van der Waals surface area contributed by atoms with Crippen LogP contribution in [0, 0.1) is 13.8 Å². The number of fused-ring (bicyclic) bond motifs is 1. The van der Waals surface area contributed by atoms with Gasteiger partial charge in [-0.1, -0.05) is 0 Å².